The van der Waals surface area contributed by atoms with E-state index in [0.29, 0.717) is 36.4 Å². The van der Waals surface area contributed by atoms with E-state index in [1.807, 2.05) is 6.07 Å². The van der Waals surface area contributed by atoms with Crippen molar-refractivity contribution in [3.63, 3.8) is 0 Å². The SMILES string of the molecule is CCn1c(C#CC(=O)Nc2ccc(Cl)cc2)cc2cc(CNC3CCN(S(C)(=O)=O)CC3)ccc21. The number of aromatic nitrogens is 1. The maximum atomic E-state index is 12.3. The Labute approximate surface area is 211 Å². The predicted octanol–water partition coefficient (Wildman–Crippen LogP) is 3.82. The van der Waals surface area contributed by atoms with Gasteiger partial charge < -0.3 is 15.2 Å². The Kier molecular flexibility index (Phi) is 7.82. The molecule has 7 nitrogen and oxygen atoms in total. The second-order valence-corrected chi connectivity index (χ2v) is 11.1. The molecule has 0 aliphatic carbocycles. The van der Waals surface area contributed by atoms with Crippen molar-refractivity contribution < 1.29 is 13.2 Å². The molecule has 1 aromatic heterocycles. The van der Waals surface area contributed by atoms with Gasteiger partial charge in [0.1, 0.15) is 0 Å². The van der Waals surface area contributed by atoms with Gasteiger partial charge in [-0.05, 0) is 73.7 Å². The Hall–Kier alpha value is -2.83. The van der Waals surface area contributed by atoms with Crippen LogP contribution in [0, 0.1) is 11.8 Å². The number of sulfonamides is 1. The quantitative estimate of drug-likeness (QED) is 0.492. The molecule has 0 radical (unpaired) electrons. The number of benzene rings is 2. The summed E-state index contributed by atoms with van der Waals surface area (Å²) in [5.74, 6) is 5.31. The Morgan fingerprint density at radius 1 is 1.11 bits per heavy atom. The number of fused-ring (bicyclic) bond motifs is 1. The molecule has 184 valence electrons. The van der Waals surface area contributed by atoms with Crippen molar-refractivity contribution in [1.82, 2.24) is 14.2 Å². The maximum Gasteiger partial charge on any atom is 0.300 e. The van der Waals surface area contributed by atoms with Crippen molar-refractivity contribution in [3.05, 3.63) is 64.8 Å². The summed E-state index contributed by atoms with van der Waals surface area (Å²) in [6.45, 7) is 4.62. The van der Waals surface area contributed by atoms with E-state index in [1.54, 1.807) is 28.6 Å². The van der Waals surface area contributed by atoms with Crippen molar-refractivity contribution in [2.45, 2.75) is 38.9 Å². The number of anilines is 1. The molecule has 1 aliphatic heterocycles. The van der Waals surface area contributed by atoms with Crippen LogP contribution in [0.25, 0.3) is 10.9 Å². The molecule has 2 N–H and O–H groups in total. The van der Waals surface area contributed by atoms with E-state index >= 15 is 0 Å². The molecule has 0 atom stereocenters. The highest BCUT2D eigenvalue weighted by atomic mass is 35.5. The lowest BCUT2D eigenvalue weighted by Crippen LogP contribution is -2.44. The van der Waals surface area contributed by atoms with Gasteiger partial charge >= 0.3 is 5.91 Å². The molecule has 0 bridgehead atoms. The van der Waals surface area contributed by atoms with Gasteiger partial charge in [0.15, 0.2) is 0 Å². The number of amides is 1. The monoisotopic (exact) mass is 512 g/mol. The number of hydrogen-bond acceptors (Lipinski definition) is 4. The summed E-state index contributed by atoms with van der Waals surface area (Å²) in [7, 11) is -3.11. The summed E-state index contributed by atoms with van der Waals surface area (Å²) in [5, 5.41) is 7.99. The van der Waals surface area contributed by atoms with E-state index in [4.69, 9.17) is 11.6 Å². The average molecular weight is 513 g/mol. The van der Waals surface area contributed by atoms with Gasteiger partial charge in [-0.1, -0.05) is 17.7 Å². The molecule has 0 spiro atoms. The first kappa shape index (κ1) is 25.3. The zero-order chi connectivity index (χ0) is 25.0. The lowest BCUT2D eigenvalue weighted by Gasteiger charge is -2.30. The number of nitrogens with one attached hydrogen (secondary N) is 2. The smallest absolute Gasteiger partial charge is 0.300 e. The fourth-order valence-corrected chi connectivity index (χ4v) is 5.34. The number of hydrogen-bond donors (Lipinski definition) is 2. The van der Waals surface area contributed by atoms with E-state index in [2.05, 4.69) is 52.2 Å². The van der Waals surface area contributed by atoms with Gasteiger partial charge in [0.05, 0.1) is 11.9 Å². The minimum absolute atomic E-state index is 0.296. The minimum Gasteiger partial charge on any atom is -0.334 e. The molecular weight excluding hydrogens is 484 g/mol. The van der Waals surface area contributed by atoms with Crippen LogP contribution < -0.4 is 10.6 Å². The summed E-state index contributed by atoms with van der Waals surface area (Å²) in [4.78, 5) is 12.3. The molecular formula is C26H29ClN4O3S. The minimum atomic E-state index is -3.11. The van der Waals surface area contributed by atoms with E-state index in [1.165, 1.54) is 6.26 Å². The van der Waals surface area contributed by atoms with Crippen LogP contribution in [0.3, 0.4) is 0 Å². The molecule has 2 aromatic carbocycles. The van der Waals surface area contributed by atoms with Crippen LogP contribution in [0.2, 0.25) is 5.02 Å². The van der Waals surface area contributed by atoms with Crippen LogP contribution >= 0.6 is 11.6 Å². The van der Waals surface area contributed by atoms with Crippen molar-refractivity contribution in [3.8, 4) is 11.8 Å². The van der Waals surface area contributed by atoms with Gasteiger partial charge in [-0.2, -0.15) is 0 Å². The van der Waals surface area contributed by atoms with E-state index < -0.39 is 10.0 Å². The second kappa shape index (κ2) is 10.8. The van der Waals surface area contributed by atoms with E-state index in [9.17, 15) is 13.2 Å². The third-order valence-corrected chi connectivity index (χ3v) is 7.76. The van der Waals surface area contributed by atoms with Crippen LogP contribution in [0.4, 0.5) is 5.69 Å². The van der Waals surface area contributed by atoms with Crippen molar-refractivity contribution in [1.29, 1.82) is 0 Å². The topological polar surface area (TPSA) is 83.4 Å². The third-order valence-electron chi connectivity index (χ3n) is 6.21. The Morgan fingerprint density at radius 2 is 1.83 bits per heavy atom. The number of halogens is 1. The molecule has 1 amide bonds. The summed E-state index contributed by atoms with van der Waals surface area (Å²) in [5.41, 5.74) is 3.65. The van der Waals surface area contributed by atoms with E-state index in [-0.39, 0.29) is 5.91 Å². The zero-order valence-electron chi connectivity index (χ0n) is 19.8. The molecule has 4 rings (SSSR count). The molecule has 1 fully saturated rings. The first-order valence-corrected chi connectivity index (χ1v) is 13.8. The Bertz CT molecular complexity index is 1380. The maximum absolute atomic E-state index is 12.3. The molecule has 1 aliphatic rings. The van der Waals surface area contributed by atoms with E-state index in [0.717, 1.165) is 41.5 Å². The predicted molar refractivity (Wildman–Crippen MR) is 141 cm³/mol. The molecule has 2 heterocycles. The molecule has 1 saturated heterocycles. The Balaban J connectivity index is 1.41. The lowest BCUT2D eigenvalue weighted by atomic mass is 10.1. The summed E-state index contributed by atoms with van der Waals surface area (Å²) < 4.78 is 27.0. The van der Waals surface area contributed by atoms with Gasteiger partial charge in [-0.15, -0.1) is 0 Å². The largest absolute Gasteiger partial charge is 0.334 e. The van der Waals surface area contributed by atoms with Crippen molar-refractivity contribution >= 4 is 44.1 Å². The van der Waals surface area contributed by atoms with Gasteiger partial charge in [-0.25, -0.2) is 12.7 Å². The highest BCUT2D eigenvalue weighted by Crippen LogP contribution is 2.22. The van der Waals surface area contributed by atoms with Crippen LogP contribution in [-0.2, 0) is 27.9 Å². The molecule has 3 aromatic rings. The van der Waals surface area contributed by atoms with Crippen LogP contribution in [0.1, 0.15) is 31.0 Å². The van der Waals surface area contributed by atoms with Crippen LogP contribution in [0.15, 0.2) is 48.5 Å². The molecule has 0 saturated carbocycles. The number of nitrogens with zero attached hydrogens (tertiary/aromatic N) is 2. The summed E-state index contributed by atoms with van der Waals surface area (Å²) >= 11 is 5.88. The van der Waals surface area contributed by atoms with Crippen molar-refractivity contribution in [2.24, 2.45) is 0 Å². The number of piperidine rings is 1. The zero-order valence-corrected chi connectivity index (χ0v) is 21.4. The first-order chi connectivity index (χ1) is 16.7. The molecule has 35 heavy (non-hydrogen) atoms. The van der Waals surface area contributed by atoms with Gasteiger partial charge in [0.2, 0.25) is 10.0 Å². The summed E-state index contributed by atoms with van der Waals surface area (Å²) in [6.07, 6.45) is 2.88. The molecule has 0 unspecified atom stereocenters. The lowest BCUT2D eigenvalue weighted by molar-refractivity contribution is -0.111. The van der Waals surface area contributed by atoms with Gasteiger partial charge in [0.25, 0.3) is 0 Å². The Morgan fingerprint density at radius 3 is 2.49 bits per heavy atom. The number of aryl methyl sites for hydroxylation is 1. The summed E-state index contributed by atoms with van der Waals surface area (Å²) in [6, 6.07) is 15.5. The number of carbonyl (C=O) groups excluding carboxylic acids is 1. The van der Waals surface area contributed by atoms with Crippen LogP contribution in [-0.4, -0.2) is 48.6 Å². The highest BCUT2D eigenvalue weighted by Gasteiger charge is 2.24. The van der Waals surface area contributed by atoms with Crippen molar-refractivity contribution in [2.75, 3.05) is 24.7 Å². The first-order valence-electron chi connectivity index (χ1n) is 11.6. The average Bonchev–Trinajstić information content (AvgIpc) is 3.19. The number of carbonyl (C=O) groups is 1. The number of rotatable bonds is 6. The fraction of sp³-hybridized carbons (Fsp3) is 0.346. The normalized spacial score (nSPS) is 15.1. The fourth-order valence-electron chi connectivity index (χ4n) is 4.34. The third kappa shape index (κ3) is 6.44. The van der Waals surface area contributed by atoms with Crippen LogP contribution in [0.5, 0.6) is 0 Å². The van der Waals surface area contributed by atoms with Gasteiger partial charge in [0, 0.05) is 59.8 Å². The standard InChI is InChI=1S/C26H29ClN4O3S/c1-3-31-24(9-11-26(32)29-23-7-5-21(27)6-8-23)17-20-16-19(4-10-25(20)31)18-28-22-12-14-30(15-13-22)35(2,33)34/h4-8,10,16-17,22,28H,3,12-15,18H2,1-2H3,(H,29,32). The molecule has 9 heteroatoms. The second-order valence-electron chi connectivity index (χ2n) is 8.70. The highest BCUT2D eigenvalue weighted by molar-refractivity contribution is 7.88. The van der Waals surface area contributed by atoms with Gasteiger partial charge in [-0.3, -0.25) is 4.79 Å².